The molecule has 71 heavy (non-hydrogen) atoms. The predicted octanol–water partition coefficient (Wildman–Crippen LogP) is 14.6. The Kier molecular flexibility index (Phi) is 14.1. The van der Waals surface area contributed by atoms with Crippen molar-refractivity contribution in [1.82, 2.24) is 38.2 Å². The molecule has 0 fully saturated rings. The molecule has 344 valence electrons. The third-order valence-corrected chi connectivity index (χ3v) is 12.0. The van der Waals surface area contributed by atoms with E-state index in [4.69, 9.17) is 4.74 Å². The molecule has 0 spiro atoms. The average Bonchev–Trinajstić information content (AvgIpc) is 4.29. The molecule has 0 amide bonds. The van der Waals surface area contributed by atoms with Crippen molar-refractivity contribution in [3.8, 4) is 85.5 Å². The zero-order chi connectivity index (χ0) is 48.2. The molecule has 0 atom stereocenters. The van der Waals surface area contributed by atoms with E-state index < -0.39 is 0 Å². The van der Waals surface area contributed by atoms with Gasteiger partial charge >= 0.3 is 0 Å². The molecule has 0 saturated carbocycles. The van der Waals surface area contributed by atoms with Gasteiger partial charge in [0.2, 0.25) is 0 Å². The summed E-state index contributed by atoms with van der Waals surface area (Å²) in [7, 11) is 0. The third-order valence-electron chi connectivity index (χ3n) is 11.3. The number of halogens is 1. The van der Waals surface area contributed by atoms with Gasteiger partial charge in [0, 0.05) is 98.1 Å². The maximum Gasteiger partial charge on any atom is 0.144 e. The van der Waals surface area contributed by atoms with Gasteiger partial charge in [-0.05, 0) is 120 Å². The summed E-state index contributed by atoms with van der Waals surface area (Å²) >= 11 is 2.32. The zero-order valence-corrected chi connectivity index (χ0v) is 40.4. The number of imidazole rings is 4. The fourth-order valence-electron chi connectivity index (χ4n) is 8.06. The van der Waals surface area contributed by atoms with Gasteiger partial charge in [0.25, 0.3) is 0 Å². The summed E-state index contributed by atoms with van der Waals surface area (Å²) in [5.41, 5.74) is 8.29. The Morgan fingerprint density at radius 2 is 0.634 bits per heavy atom. The van der Waals surface area contributed by atoms with E-state index in [2.05, 4.69) is 117 Å². The smallest absolute Gasteiger partial charge is 0.144 e. The summed E-state index contributed by atoms with van der Waals surface area (Å²) in [5, 5.41) is 9.54. The van der Waals surface area contributed by atoms with Crippen LogP contribution in [0.25, 0.3) is 68.3 Å². The van der Waals surface area contributed by atoms with Crippen molar-refractivity contribution in [2.24, 2.45) is 0 Å². The fourth-order valence-corrected chi connectivity index (χ4v) is 8.60. The molecule has 12 rings (SSSR count). The Balaban J connectivity index is 0.000000136. The second-order valence-electron chi connectivity index (χ2n) is 16.0. The fraction of sp³-hybridized carbons (Fsp3) is 0. The van der Waals surface area contributed by atoms with Crippen molar-refractivity contribution in [2.75, 3.05) is 0 Å². The minimum absolute atomic E-state index is 0.245. The van der Waals surface area contributed by atoms with Crippen molar-refractivity contribution in [3.63, 3.8) is 0 Å². The number of aromatic hydroxyl groups is 1. The summed E-state index contributed by atoms with van der Waals surface area (Å²) in [4.78, 5) is 18.0. The molecule has 1 N–H and O–H groups in total. The molecule has 11 heteroatoms. The second-order valence-corrected chi connectivity index (χ2v) is 17.3. The molecule has 0 radical (unpaired) electrons. The molecule has 10 nitrogen and oxygen atoms in total. The van der Waals surface area contributed by atoms with Crippen LogP contribution < -0.4 is 4.74 Å². The van der Waals surface area contributed by atoms with Crippen molar-refractivity contribution in [2.45, 2.75) is 0 Å². The zero-order valence-electron chi connectivity index (χ0n) is 38.2. The molecule has 0 saturated heterocycles. The van der Waals surface area contributed by atoms with Crippen molar-refractivity contribution in [3.05, 3.63) is 272 Å². The molecular formula is C60H45IN8O2. The van der Waals surface area contributed by atoms with Gasteiger partial charge in [-0.15, -0.1) is 0 Å². The highest BCUT2D eigenvalue weighted by atomic mass is 127. The molecule has 0 aliphatic heterocycles. The monoisotopic (exact) mass is 1040 g/mol. The standard InChI is InChI=1S/C30H22N4O.C15H11IN2.C15H12N2O/c1-3-11-25(12-4-1)33-19-17-31-29(33)23-9-7-15-27(21-23)35-28-16-8-10-24(22-28)30-32-18-20-34(30)26-13-5-2-6-14-26;16-13-6-4-5-12(11-13)15-17-9-10-18(15)14-7-2-1-3-8-14;18-14-8-4-5-12(11-14)15-16-9-10-17(15)13-6-2-1-3-7-13/h1-22H;1-11H;1-11,18H. The van der Waals surface area contributed by atoms with Gasteiger partial charge in [-0.25, -0.2) is 19.9 Å². The van der Waals surface area contributed by atoms with Crippen LogP contribution in [-0.2, 0) is 0 Å². The van der Waals surface area contributed by atoms with Gasteiger partial charge in [-0.2, -0.15) is 0 Å². The third kappa shape index (κ3) is 11.0. The highest BCUT2D eigenvalue weighted by Crippen LogP contribution is 2.32. The van der Waals surface area contributed by atoms with Crippen LogP contribution >= 0.6 is 22.6 Å². The van der Waals surface area contributed by atoms with E-state index in [9.17, 15) is 5.11 Å². The minimum atomic E-state index is 0.245. The average molecular weight is 1040 g/mol. The molecule has 0 unspecified atom stereocenters. The van der Waals surface area contributed by atoms with Crippen LogP contribution in [-0.4, -0.2) is 43.3 Å². The van der Waals surface area contributed by atoms with Crippen LogP contribution in [0.15, 0.2) is 268 Å². The van der Waals surface area contributed by atoms with Crippen LogP contribution in [0.5, 0.6) is 17.2 Å². The maximum absolute atomic E-state index is 9.54. The summed E-state index contributed by atoms with van der Waals surface area (Å²) in [6.07, 6.45) is 15.1. The van der Waals surface area contributed by atoms with Crippen molar-refractivity contribution >= 4 is 22.6 Å². The van der Waals surface area contributed by atoms with Crippen LogP contribution in [0.3, 0.4) is 0 Å². The van der Waals surface area contributed by atoms with Gasteiger partial charge in [0.05, 0.1) is 0 Å². The molecule has 12 aromatic rings. The quantitative estimate of drug-likeness (QED) is 0.137. The predicted molar refractivity (Wildman–Crippen MR) is 290 cm³/mol. The van der Waals surface area contributed by atoms with E-state index in [-0.39, 0.29) is 5.75 Å². The number of benzene rings is 8. The first kappa shape index (κ1) is 45.7. The first-order chi connectivity index (χ1) is 35.0. The van der Waals surface area contributed by atoms with Crippen LogP contribution in [0.4, 0.5) is 0 Å². The Morgan fingerprint density at radius 3 is 0.972 bits per heavy atom. The van der Waals surface area contributed by atoms with Gasteiger partial charge in [0.15, 0.2) is 0 Å². The van der Waals surface area contributed by atoms with Gasteiger partial charge in [0.1, 0.15) is 40.5 Å². The molecule has 0 aliphatic carbocycles. The summed E-state index contributed by atoms with van der Waals surface area (Å²) in [6.45, 7) is 0. The number of phenols is 1. The van der Waals surface area contributed by atoms with E-state index in [0.29, 0.717) is 0 Å². The minimum Gasteiger partial charge on any atom is -0.508 e. The number of hydrogen-bond acceptors (Lipinski definition) is 6. The molecule has 4 heterocycles. The van der Waals surface area contributed by atoms with E-state index in [1.165, 1.54) is 3.57 Å². The lowest BCUT2D eigenvalue weighted by molar-refractivity contribution is 0.475. The van der Waals surface area contributed by atoms with Crippen LogP contribution in [0.1, 0.15) is 0 Å². The number of phenolic OH excluding ortho intramolecular Hbond substituents is 1. The van der Waals surface area contributed by atoms with Crippen molar-refractivity contribution in [1.29, 1.82) is 0 Å². The van der Waals surface area contributed by atoms with Crippen LogP contribution in [0.2, 0.25) is 0 Å². The van der Waals surface area contributed by atoms with Gasteiger partial charge in [-0.1, -0.05) is 121 Å². The number of ether oxygens (including phenoxy) is 1. The highest BCUT2D eigenvalue weighted by Gasteiger charge is 2.13. The SMILES string of the molecule is Ic1cccc(-c2nccn2-c2ccccc2)c1.Oc1cccc(-c2nccn2-c2ccccc2)c1.c1ccc(-n2ccnc2-c2cccc(Oc3cccc(-c4nccn4-c4ccccc4)c3)c2)cc1. The molecule has 0 bridgehead atoms. The number of rotatable bonds is 10. The number of nitrogens with zero attached hydrogens (tertiary/aromatic N) is 8. The molecular weight excluding hydrogens is 992 g/mol. The normalized spacial score (nSPS) is 10.7. The Hall–Kier alpha value is -9.07. The molecule has 8 aromatic carbocycles. The Morgan fingerprint density at radius 1 is 0.324 bits per heavy atom. The Labute approximate surface area is 425 Å². The van der Waals surface area contributed by atoms with Gasteiger partial charge in [-0.3, -0.25) is 18.3 Å². The highest BCUT2D eigenvalue weighted by molar-refractivity contribution is 14.1. The number of aromatic nitrogens is 8. The topological polar surface area (TPSA) is 101 Å². The van der Waals surface area contributed by atoms with E-state index in [1.54, 1.807) is 18.3 Å². The van der Waals surface area contributed by atoms with E-state index >= 15 is 0 Å². The Bertz CT molecular complexity index is 3370. The summed E-state index contributed by atoms with van der Waals surface area (Å²) in [6, 6.07) is 72.1. The summed E-state index contributed by atoms with van der Waals surface area (Å²) in [5.74, 6) is 5.25. The molecule has 4 aromatic heterocycles. The van der Waals surface area contributed by atoms with Gasteiger partial charge < -0.3 is 9.84 Å². The lowest BCUT2D eigenvalue weighted by Gasteiger charge is -2.12. The number of hydrogen-bond donors (Lipinski definition) is 1. The van der Waals surface area contributed by atoms with E-state index in [0.717, 1.165) is 79.8 Å². The molecule has 0 aliphatic rings. The van der Waals surface area contributed by atoms with E-state index in [1.807, 2.05) is 194 Å². The second kappa shape index (κ2) is 21.9. The largest absolute Gasteiger partial charge is 0.508 e. The maximum atomic E-state index is 9.54. The summed E-state index contributed by atoms with van der Waals surface area (Å²) < 4.78 is 15.7. The number of para-hydroxylation sites is 4. The first-order valence-corrected chi connectivity index (χ1v) is 23.9. The van der Waals surface area contributed by atoms with Crippen LogP contribution in [0, 0.1) is 3.57 Å². The lowest BCUT2D eigenvalue weighted by atomic mass is 10.1. The van der Waals surface area contributed by atoms with Crippen molar-refractivity contribution < 1.29 is 9.84 Å². The lowest BCUT2D eigenvalue weighted by Crippen LogP contribution is -1.97. The first-order valence-electron chi connectivity index (χ1n) is 22.8.